The van der Waals surface area contributed by atoms with E-state index in [1.54, 1.807) is 0 Å². The van der Waals surface area contributed by atoms with E-state index in [2.05, 4.69) is 36.4 Å². The van der Waals surface area contributed by atoms with Crippen molar-refractivity contribution in [1.29, 1.82) is 0 Å². The normalized spacial score (nSPS) is 18.2. The summed E-state index contributed by atoms with van der Waals surface area (Å²) in [4.78, 5) is 26.6. The minimum absolute atomic E-state index is 0.0292. The van der Waals surface area contributed by atoms with Gasteiger partial charge in [0.25, 0.3) is 0 Å². The first kappa shape index (κ1) is 21.9. The Bertz CT molecular complexity index is 1630. The van der Waals surface area contributed by atoms with Crippen LogP contribution in [-0.4, -0.2) is 11.6 Å². The molecule has 0 fully saturated rings. The van der Waals surface area contributed by atoms with Gasteiger partial charge in [-0.15, -0.1) is 0 Å². The zero-order chi connectivity index (χ0) is 24.8. The smallest absolute Gasteiger partial charge is 0.189 e. The molecule has 0 heterocycles. The molecule has 0 radical (unpaired) electrons. The minimum Gasteiger partial charge on any atom is -0.289 e. The molecule has 0 saturated heterocycles. The number of allylic oxidation sites excluding steroid dienone is 10. The van der Waals surface area contributed by atoms with Crippen LogP contribution in [0.4, 0.5) is 0 Å². The molecule has 0 N–H and O–H groups in total. The van der Waals surface area contributed by atoms with Gasteiger partial charge in [0.05, 0.1) is 0 Å². The molecule has 0 amide bonds. The van der Waals surface area contributed by atoms with E-state index in [0.29, 0.717) is 22.3 Å². The van der Waals surface area contributed by atoms with Gasteiger partial charge in [0.1, 0.15) is 0 Å². The van der Waals surface area contributed by atoms with E-state index in [1.165, 1.54) is 0 Å². The number of fused-ring (bicyclic) bond motifs is 2. The Labute approximate surface area is 210 Å². The molecule has 0 saturated carbocycles. The number of ketones is 2. The molecule has 0 atom stereocenters. The Hall–Kier alpha value is -4.56. The fourth-order valence-corrected chi connectivity index (χ4v) is 5.20. The number of Topliss-reactive ketones (excluding diaryl/α,β-unsaturated/α-hetero) is 2. The fraction of sp³-hybridized carbons (Fsp3) is 0.0588. The van der Waals surface area contributed by atoms with Gasteiger partial charge < -0.3 is 0 Å². The van der Waals surface area contributed by atoms with E-state index < -0.39 is 0 Å². The molecule has 6 rings (SSSR count). The summed E-state index contributed by atoms with van der Waals surface area (Å²) in [5, 5.41) is 4.30. The molecule has 4 aromatic carbocycles. The van der Waals surface area contributed by atoms with Gasteiger partial charge in [-0.3, -0.25) is 9.59 Å². The maximum atomic E-state index is 13.3. The maximum absolute atomic E-state index is 13.3. The lowest BCUT2D eigenvalue weighted by molar-refractivity contribution is -0.111. The molecule has 172 valence electrons. The van der Waals surface area contributed by atoms with Crippen LogP contribution in [-0.2, 0) is 9.59 Å². The largest absolute Gasteiger partial charge is 0.289 e. The van der Waals surface area contributed by atoms with Crippen LogP contribution < -0.4 is 0 Å². The van der Waals surface area contributed by atoms with Gasteiger partial charge >= 0.3 is 0 Å². The molecule has 2 aliphatic carbocycles. The Kier molecular flexibility index (Phi) is 5.23. The Balaban J connectivity index is 1.57. The zero-order valence-corrected chi connectivity index (χ0v) is 20.2. The van der Waals surface area contributed by atoms with Crippen molar-refractivity contribution in [2.45, 2.75) is 13.8 Å². The van der Waals surface area contributed by atoms with Gasteiger partial charge in [0.2, 0.25) is 0 Å². The van der Waals surface area contributed by atoms with Crippen LogP contribution in [0.1, 0.15) is 25.0 Å². The van der Waals surface area contributed by atoms with E-state index in [9.17, 15) is 9.59 Å². The van der Waals surface area contributed by atoms with Gasteiger partial charge in [-0.2, -0.15) is 0 Å². The summed E-state index contributed by atoms with van der Waals surface area (Å²) >= 11 is 0. The molecular weight excluding hydrogens is 440 g/mol. The average molecular weight is 465 g/mol. The predicted octanol–water partition coefficient (Wildman–Crippen LogP) is 7.81. The number of benzene rings is 4. The highest BCUT2D eigenvalue weighted by Gasteiger charge is 2.24. The van der Waals surface area contributed by atoms with Crippen LogP contribution in [0, 0.1) is 0 Å². The van der Waals surface area contributed by atoms with Gasteiger partial charge in [-0.25, -0.2) is 0 Å². The monoisotopic (exact) mass is 464 g/mol. The Morgan fingerprint density at radius 3 is 1.28 bits per heavy atom. The summed E-state index contributed by atoms with van der Waals surface area (Å²) < 4.78 is 0. The van der Waals surface area contributed by atoms with Crippen molar-refractivity contribution in [3.63, 3.8) is 0 Å². The summed E-state index contributed by atoms with van der Waals surface area (Å²) in [5.74, 6) is 0.0584. The van der Waals surface area contributed by atoms with Crippen LogP contribution in [0.25, 0.3) is 32.7 Å². The summed E-state index contributed by atoms with van der Waals surface area (Å²) in [6.45, 7) is 3.72. The second-order valence-corrected chi connectivity index (χ2v) is 9.39. The van der Waals surface area contributed by atoms with Crippen LogP contribution in [0.15, 0.2) is 132 Å². The van der Waals surface area contributed by atoms with Gasteiger partial charge in [0.15, 0.2) is 11.6 Å². The fourth-order valence-electron chi connectivity index (χ4n) is 5.20. The van der Waals surface area contributed by atoms with E-state index >= 15 is 0 Å². The third-order valence-electron chi connectivity index (χ3n) is 7.04. The molecule has 2 heteroatoms. The van der Waals surface area contributed by atoms with E-state index in [-0.39, 0.29) is 11.6 Å². The third kappa shape index (κ3) is 3.59. The van der Waals surface area contributed by atoms with Crippen molar-refractivity contribution < 1.29 is 9.59 Å². The second-order valence-electron chi connectivity index (χ2n) is 9.39. The number of carbonyl (C=O) groups excluding carboxylic acids is 2. The van der Waals surface area contributed by atoms with E-state index in [1.807, 2.05) is 86.7 Å². The van der Waals surface area contributed by atoms with Gasteiger partial charge in [0, 0.05) is 11.1 Å². The summed E-state index contributed by atoms with van der Waals surface area (Å²) in [7, 11) is 0. The lowest BCUT2D eigenvalue weighted by Crippen LogP contribution is -2.12. The van der Waals surface area contributed by atoms with Crippen molar-refractivity contribution in [1.82, 2.24) is 0 Å². The molecule has 0 aliphatic heterocycles. The summed E-state index contributed by atoms with van der Waals surface area (Å²) in [5.41, 5.74) is 6.44. The van der Waals surface area contributed by atoms with Crippen LogP contribution >= 0.6 is 0 Å². The molecule has 0 bridgehead atoms. The predicted molar refractivity (Wildman–Crippen MR) is 148 cm³/mol. The minimum atomic E-state index is 0.0292. The topological polar surface area (TPSA) is 34.1 Å². The standard InChI is InChI=1S/C34H24O2/c1-21-17-25(19-31(33(21)35)29-15-7-11-23-9-3-5-13-27(23)29)26-18-22(2)34(36)32(20-26)30-16-8-12-24-10-4-6-14-28(24)30/h3-20H,1-2H3. The molecule has 36 heavy (non-hydrogen) atoms. The number of hydrogen-bond donors (Lipinski definition) is 0. The van der Waals surface area contributed by atoms with Crippen molar-refractivity contribution in [2.75, 3.05) is 0 Å². The lowest BCUT2D eigenvalue weighted by atomic mass is 9.83. The first-order chi connectivity index (χ1) is 17.5. The highest BCUT2D eigenvalue weighted by atomic mass is 16.1. The first-order valence-corrected chi connectivity index (χ1v) is 12.1. The van der Waals surface area contributed by atoms with Crippen LogP contribution in [0.3, 0.4) is 0 Å². The third-order valence-corrected chi connectivity index (χ3v) is 7.04. The molecule has 0 unspecified atom stereocenters. The molecular formula is C34H24O2. The molecule has 4 aromatic rings. The first-order valence-electron chi connectivity index (χ1n) is 12.1. The Morgan fingerprint density at radius 2 is 0.833 bits per heavy atom. The van der Waals surface area contributed by atoms with Crippen molar-refractivity contribution in [3.05, 3.63) is 143 Å². The van der Waals surface area contributed by atoms with Crippen molar-refractivity contribution >= 4 is 44.3 Å². The molecule has 0 spiro atoms. The lowest BCUT2D eigenvalue weighted by Gasteiger charge is -2.20. The number of carbonyl (C=O) groups is 2. The molecule has 2 nitrogen and oxygen atoms in total. The van der Waals surface area contributed by atoms with Gasteiger partial charge in [-0.1, -0.05) is 84.9 Å². The van der Waals surface area contributed by atoms with Gasteiger partial charge in [-0.05, 0) is 93.1 Å². The second kappa shape index (κ2) is 8.58. The van der Waals surface area contributed by atoms with Crippen molar-refractivity contribution in [2.24, 2.45) is 0 Å². The zero-order valence-electron chi connectivity index (χ0n) is 20.2. The van der Waals surface area contributed by atoms with Crippen molar-refractivity contribution in [3.8, 4) is 0 Å². The average Bonchev–Trinajstić information content (AvgIpc) is 2.91. The Morgan fingerprint density at radius 1 is 0.444 bits per heavy atom. The SMILES string of the molecule is CC1=CC(=C2C=C(C)C(=O)C(c3cccc4ccccc34)=C2)C=C(c2cccc3ccccc23)C1=O. The maximum Gasteiger partial charge on any atom is 0.189 e. The molecule has 2 aliphatic rings. The summed E-state index contributed by atoms with van der Waals surface area (Å²) in [6.07, 6.45) is 7.82. The summed E-state index contributed by atoms with van der Waals surface area (Å²) in [6, 6.07) is 28.4. The number of rotatable bonds is 2. The van der Waals surface area contributed by atoms with E-state index in [4.69, 9.17) is 0 Å². The quantitative estimate of drug-likeness (QED) is 0.303. The van der Waals surface area contributed by atoms with E-state index in [0.717, 1.165) is 43.8 Å². The highest BCUT2D eigenvalue weighted by Crippen LogP contribution is 2.36. The molecule has 0 aromatic heterocycles. The highest BCUT2D eigenvalue weighted by molar-refractivity contribution is 6.33. The van der Waals surface area contributed by atoms with Crippen LogP contribution in [0.2, 0.25) is 0 Å². The van der Waals surface area contributed by atoms with Crippen LogP contribution in [0.5, 0.6) is 0 Å². The number of hydrogen-bond acceptors (Lipinski definition) is 2.